The van der Waals surface area contributed by atoms with E-state index in [0.717, 1.165) is 35.4 Å². The van der Waals surface area contributed by atoms with E-state index >= 15 is 0 Å². The molecular formula is C35H39BBrN7O3. The van der Waals surface area contributed by atoms with Gasteiger partial charge in [-0.05, 0) is 89.7 Å². The number of nitrogens with one attached hydrogen (secondary N) is 1. The van der Waals surface area contributed by atoms with E-state index in [9.17, 15) is 14.4 Å². The van der Waals surface area contributed by atoms with Crippen molar-refractivity contribution in [3.63, 3.8) is 0 Å². The molecule has 2 radical (unpaired) electrons. The van der Waals surface area contributed by atoms with Crippen molar-refractivity contribution in [3.8, 4) is 11.1 Å². The zero-order valence-electron chi connectivity index (χ0n) is 27.2. The van der Waals surface area contributed by atoms with E-state index in [1.54, 1.807) is 9.58 Å². The van der Waals surface area contributed by atoms with Gasteiger partial charge in [0.1, 0.15) is 34.5 Å². The summed E-state index contributed by atoms with van der Waals surface area (Å²) in [5.74, 6) is 2.20. The van der Waals surface area contributed by atoms with Crippen molar-refractivity contribution in [1.29, 1.82) is 0 Å². The Bertz CT molecular complexity index is 1830. The Morgan fingerprint density at radius 2 is 1.87 bits per heavy atom. The van der Waals surface area contributed by atoms with Crippen LogP contribution in [0.3, 0.4) is 0 Å². The zero-order chi connectivity index (χ0) is 33.4. The lowest BCUT2D eigenvalue weighted by Gasteiger charge is -2.37. The lowest BCUT2D eigenvalue weighted by molar-refractivity contribution is -0.137. The highest BCUT2D eigenvalue weighted by Gasteiger charge is 2.38. The van der Waals surface area contributed by atoms with Gasteiger partial charge in [0.05, 0.1) is 13.4 Å². The van der Waals surface area contributed by atoms with Gasteiger partial charge in [-0.3, -0.25) is 19.1 Å². The van der Waals surface area contributed by atoms with Crippen molar-refractivity contribution >= 4 is 58.1 Å². The molecule has 5 unspecified atom stereocenters. The van der Waals surface area contributed by atoms with Gasteiger partial charge >= 0.3 is 0 Å². The van der Waals surface area contributed by atoms with Gasteiger partial charge in [-0.2, -0.15) is 5.10 Å². The molecule has 1 N–H and O–H groups in total. The Kier molecular flexibility index (Phi) is 9.59. The number of aromatic nitrogens is 5. The predicted octanol–water partition coefficient (Wildman–Crippen LogP) is 6.14. The first-order valence-electron chi connectivity index (χ1n) is 16.3. The van der Waals surface area contributed by atoms with Crippen LogP contribution in [0.5, 0.6) is 0 Å². The Morgan fingerprint density at radius 1 is 1.11 bits per heavy atom. The number of anilines is 1. The summed E-state index contributed by atoms with van der Waals surface area (Å²) in [4.78, 5) is 55.3. The third-order valence-electron chi connectivity index (χ3n) is 9.67. The minimum Gasteiger partial charge on any atom is -0.329 e. The number of nitrogens with zero attached hydrogens (tertiary/aromatic N) is 6. The molecular weight excluding hydrogens is 657 g/mol. The fourth-order valence-electron chi connectivity index (χ4n) is 6.84. The molecule has 12 heteroatoms. The van der Waals surface area contributed by atoms with Crippen LogP contribution in [-0.4, -0.2) is 67.7 Å². The highest BCUT2D eigenvalue weighted by Crippen LogP contribution is 2.45. The van der Waals surface area contributed by atoms with Gasteiger partial charge in [0, 0.05) is 42.7 Å². The van der Waals surface area contributed by atoms with Crippen LogP contribution in [0.25, 0.3) is 22.0 Å². The van der Waals surface area contributed by atoms with Crippen molar-refractivity contribution < 1.29 is 14.4 Å². The molecule has 47 heavy (non-hydrogen) atoms. The Labute approximate surface area is 284 Å². The first kappa shape index (κ1) is 33.0. The summed E-state index contributed by atoms with van der Waals surface area (Å²) in [7, 11) is 5.85. The average molecular weight is 696 g/mol. The molecule has 1 saturated heterocycles. The molecule has 6 rings (SSSR count). The van der Waals surface area contributed by atoms with Crippen molar-refractivity contribution in [2.75, 3.05) is 11.9 Å². The van der Waals surface area contributed by atoms with Gasteiger partial charge in [0.15, 0.2) is 5.78 Å². The summed E-state index contributed by atoms with van der Waals surface area (Å²) >= 11 is 3.35. The number of halogens is 1. The number of aryl methyl sites for hydroxylation is 1. The fourth-order valence-corrected chi connectivity index (χ4v) is 7.15. The molecule has 1 aromatic carbocycles. The monoisotopic (exact) mass is 695 g/mol. The van der Waals surface area contributed by atoms with Gasteiger partial charge in [-0.15, -0.1) is 0 Å². The first-order chi connectivity index (χ1) is 22.5. The highest BCUT2D eigenvalue weighted by molar-refractivity contribution is 9.10. The van der Waals surface area contributed by atoms with E-state index in [-0.39, 0.29) is 30.1 Å². The second kappa shape index (κ2) is 13.7. The van der Waals surface area contributed by atoms with Crippen molar-refractivity contribution in [2.45, 2.75) is 78.2 Å². The smallest absolute Gasteiger partial charge is 0.248 e. The maximum absolute atomic E-state index is 13.7. The summed E-state index contributed by atoms with van der Waals surface area (Å²) in [5, 5.41) is 8.13. The number of carbonyl (C=O) groups is 3. The van der Waals surface area contributed by atoms with Crippen LogP contribution in [0, 0.1) is 24.7 Å². The molecule has 5 atom stereocenters. The van der Waals surface area contributed by atoms with E-state index in [4.69, 9.17) is 17.8 Å². The maximum atomic E-state index is 13.7. The summed E-state index contributed by atoms with van der Waals surface area (Å²) in [6, 6.07) is 8.76. The molecule has 2 aliphatic rings. The molecule has 1 aliphatic carbocycles. The van der Waals surface area contributed by atoms with Crippen LogP contribution in [0.4, 0.5) is 5.82 Å². The number of benzene rings is 1. The second-order valence-electron chi connectivity index (χ2n) is 13.3. The summed E-state index contributed by atoms with van der Waals surface area (Å²) < 4.78 is 2.18. The molecule has 2 amide bonds. The molecule has 3 aromatic heterocycles. The number of likely N-dealkylation sites (tertiary alicyclic amines) is 1. The number of ketones is 1. The third kappa shape index (κ3) is 6.88. The van der Waals surface area contributed by atoms with Gasteiger partial charge in [0.2, 0.25) is 11.8 Å². The molecule has 1 aliphatic heterocycles. The Hall–Kier alpha value is -3.93. The standard InChI is InChI=1S/C35H39BBrN7O3/c1-19(14-36)11-24-6-8-26(24)34-38-15-25(16-39-34)23-7-9-28-27(13-23)32(22(4)45)42-44(28)18-31(46)43-17-20(2)12-29(43)35(47)41-33-21(3)5-10-30(37)40-33/h5,7,9-10,13,15-16,19-20,24,26,29H,6,8,11-12,14,17-18H2,1-4H3,(H,40,41,47). The first-order valence-corrected chi connectivity index (χ1v) is 17.1. The number of hydrogen-bond donors (Lipinski definition) is 1. The van der Waals surface area contributed by atoms with Crippen LogP contribution in [0.15, 0.2) is 47.3 Å². The number of fused-ring (bicyclic) bond motifs is 1. The molecule has 0 bridgehead atoms. The third-order valence-corrected chi connectivity index (χ3v) is 10.1. The number of rotatable bonds is 10. The predicted molar refractivity (Wildman–Crippen MR) is 185 cm³/mol. The molecule has 4 aromatic rings. The van der Waals surface area contributed by atoms with E-state index in [1.807, 2.05) is 56.6 Å². The zero-order valence-corrected chi connectivity index (χ0v) is 28.8. The molecule has 4 heterocycles. The normalized spacial score (nSPS) is 21.4. The Morgan fingerprint density at radius 3 is 2.55 bits per heavy atom. The van der Waals surface area contributed by atoms with Gasteiger partial charge < -0.3 is 10.2 Å². The number of pyridine rings is 1. The second-order valence-corrected chi connectivity index (χ2v) is 14.1. The molecule has 0 spiro atoms. The molecule has 10 nitrogen and oxygen atoms in total. The summed E-state index contributed by atoms with van der Waals surface area (Å²) in [5.41, 5.74) is 3.49. The van der Waals surface area contributed by atoms with Crippen LogP contribution < -0.4 is 5.32 Å². The van der Waals surface area contributed by atoms with Gasteiger partial charge in [-0.25, -0.2) is 15.0 Å². The van der Waals surface area contributed by atoms with E-state index < -0.39 is 6.04 Å². The van der Waals surface area contributed by atoms with Crippen LogP contribution in [0.2, 0.25) is 6.32 Å². The van der Waals surface area contributed by atoms with Crippen LogP contribution >= 0.6 is 15.9 Å². The Balaban J connectivity index is 1.20. The molecule has 2 fully saturated rings. The van der Waals surface area contributed by atoms with Crippen LogP contribution in [0.1, 0.15) is 74.2 Å². The number of carbonyl (C=O) groups excluding carboxylic acids is 3. The lowest BCUT2D eigenvalue weighted by atomic mass is 9.68. The quantitative estimate of drug-likeness (QED) is 0.120. The SMILES string of the molecule is [B]CC(C)CC1CCC1c1ncc(-c2ccc3c(c2)c(C(C)=O)nn3CC(=O)N2CC(C)CC2C(=O)Nc2nc(Br)ccc2C)cn1. The van der Waals surface area contributed by atoms with E-state index in [0.29, 0.717) is 64.1 Å². The number of hydrogen-bond acceptors (Lipinski definition) is 7. The van der Waals surface area contributed by atoms with Crippen molar-refractivity contribution in [3.05, 3.63) is 64.4 Å². The minimum absolute atomic E-state index is 0.100. The summed E-state index contributed by atoms with van der Waals surface area (Å²) in [6.07, 6.45) is 8.30. The minimum atomic E-state index is -0.638. The van der Waals surface area contributed by atoms with Crippen LogP contribution in [-0.2, 0) is 16.1 Å². The van der Waals surface area contributed by atoms with E-state index in [2.05, 4.69) is 38.3 Å². The molecule has 242 valence electrons. The maximum Gasteiger partial charge on any atom is 0.248 e. The largest absolute Gasteiger partial charge is 0.329 e. The topological polar surface area (TPSA) is 123 Å². The lowest BCUT2D eigenvalue weighted by Crippen LogP contribution is -2.44. The number of Topliss-reactive ketones (excluding diaryl/α,β-unsaturated/α-hetero) is 1. The van der Waals surface area contributed by atoms with Gasteiger partial charge in [0.25, 0.3) is 0 Å². The average Bonchev–Trinajstić information content (AvgIpc) is 3.61. The van der Waals surface area contributed by atoms with Gasteiger partial charge in [-0.1, -0.05) is 38.2 Å². The van der Waals surface area contributed by atoms with E-state index in [1.165, 1.54) is 13.3 Å². The highest BCUT2D eigenvalue weighted by atomic mass is 79.9. The van der Waals surface area contributed by atoms with Crippen molar-refractivity contribution in [1.82, 2.24) is 29.6 Å². The fraction of sp³-hybridized carbons (Fsp3) is 0.457. The van der Waals surface area contributed by atoms with Crippen molar-refractivity contribution in [2.24, 2.45) is 17.8 Å². The summed E-state index contributed by atoms with van der Waals surface area (Å²) in [6.45, 7) is 7.91. The number of amides is 2. The molecule has 1 saturated carbocycles.